The number of aromatic amines is 1. The van der Waals surface area contributed by atoms with Crippen molar-refractivity contribution in [2.24, 2.45) is 0 Å². The number of nitrogens with two attached hydrogens (primary N) is 1. The Kier molecular flexibility index (Phi) is 7.34. The van der Waals surface area contributed by atoms with Crippen LogP contribution in [0.15, 0.2) is 47.3 Å². The van der Waals surface area contributed by atoms with Crippen LogP contribution in [0.5, 0.6) is 11.5 Å². The van der Waals surface area contributed by atoms with E-state index in [0.717, 1.165) is 0 Å². The standard InChI is InChI=1S/C24H19N5O6/c1-33-19-9-13(21-15(10-25)22(27)29-23(31)16(21)11-26)7-8-18(19)35-12-20(30)28-17-6-4-3-5-14(17)24(32)34-2/h3-9H,12H2,1-2H3,(H,28,30)(H3,27,29,31). The molecule has 0 spiro atoms. The third kappa shape index (κ3) is 5.05. The minimum absolute atomic E-state index is 0.0539. The molecule has 3 aromatic rings. The molecule has 0 unspecified atom stereocenters. The first-order valence-corrected chi connectivity index (χ1v) is 9.98. The number of anilines is 2. The number of rotatable bonds is 7. The Hall–Kier alpha value is -5.29. The number of hydrogen-bond donors (Lipinski definition) is 3. The molecule has 176 valence electrons. The van der Waals surface area contributed by atoms with E-state index in [9.17, 15) is 24.9 Å². The van der Waals surface area contributed by atoms with Gasteiger partial charge in [0, 0.05) is 5.56 Å². The van der Waals surface area contributed by atoms with Crippen molar-refractivity contribution in [3.05, 3.63) is 69.5 Å². The summed E-state index contributed by atoms with van der Waals surface area (Å²) in [6.45, 7) is -0.421. The molecule has 0 saturated heterocycles. The molecule has 11 nitrogen and oxygen atoms in total. The van der Waals surface area contributed by atoms with Crippen molar-refractivity contribution in [2.45, 2.75) is 0 Å². The fraction of sp³-hybridized carbons (Fsp3) is 0.125. The first kappa shape index (κ1) is 24.4. The molecule has 0 fully saturated rings. The molecule has 3 rings (SSSR count). The maximum absolute atomic E-state index is 12.4. The number of carbonyl (C=O) groups is 2. The molecule has 35 heavy (non-hydrogen) atoms. The van der Waals surface area contributed by atoms with E-state index in [1.807, 2.05) is 6.07 Å². The van der Waals surface area contributed by atoms with Crippen LogP contribution in [-0.2, 0) is 9.53 Å². The second-order valence-corrected chi connectivity index (χ2v) is 6.96. The van der Waals surface area contributed by atoms with Crippen molar-refractivity contribution in [1.82, 2.24) is 4.98 Å². The van der Waals surface area contributed by atoms with Gasteiger partial charge in [0.2, 0.25) is 0 Å². The summed E-state index contributed by atoms with van der Waals surface area (Å²) in [4.78, 5) is 38.7. The monoisotopic (exact) mass is 473 g/mol. The Morgan fingerprint density at radius 1 is 1.06 bits per heavy atom. The molecule has 0 aliphatic carbocycles. The van der Waals surface area contributed by atoms with Gasteiger partial charge in [-0.1, -0.05) is 18.2 Å². The summed E-state index contributed by atoms with van der Waals surface area (Å²) in [5, 5.41) is 21.5. The molecule has 0 aliphatic heterocycles. The van der Waals surface area contributed by atoms with E-state index in [1.165, 1.54) is 38.5 Å². The van der Waals surface area contributed by atoms with Gasteiger partial charge in [-0.15, -0.1) is 0 Å². The van der Waals surface area contributed by atoms with Gasteiger partial charge in [0.1, 0.15) is 29.1 Å². The van der Waals surface area contributed by atoms with E-state index < -0.39 is 24.0 Å². The number of nitrogen functional groups attached to an aromatic ring is 1. The molecule has 2 aromatic carbocycles. The van der Waals surface area contributed by atoms with Gasteiger partial charge >= 0.3 is 5.97 Å². The molecule has 1 heterocycles. The highest BCUT2D eigenvalue weighted by molar-refractivity contribution is 6.01. The van der Waals surface area contributed by atoms with E-state index in [1.54, 1.807) is 24.3 Å². The summed E-state index contributed by atoms with van der Waals surface area (Å²) in [6, 6.07) is 14.4. The molecular weight excluding hydrogens is 454 g/mol. The van der Waals surface area contributed by atoms with Gasteiger partial charge in [-0.3, -0.25) is 9.59 Å². The highest BCUT2D eigenvalue weighted by Crippen LogP contribution is 2.35. The number of pyridine rings is 1. The maximum atomic E-state index is 12.4. The third-order valence-corrected chi connectivity index (χ3v) is 4.89. The van der Waals surface area contributed by atoms with Gasteiger partial charge in [0.05, 0.1) is 25.5 Å². The first-order valence-electron chi connectivity index (χ1n) is 9.98. The number of aromatic nitrogens is 1. The average Bonchev–Trinajstić information content (AvgIpc) is 2.86. The fourth-order valence-corrected chi connectivity index (χ4v) is 3.28. The van der Waals surface area contributed by atoms with Crippen LogP contribution in [0.4, 0.5) is 11.5 Å². The molecule has 0 aliphatic rings. The second kappa shape index (κ2) is 10.6. The zero-order valence-electron chi connectivity index (χ0n) is 18.7. The van der Waals surface area contributed by atoms with Crippen LogP contribution in [0.3, 0.4) is 0 Å². The quantitative estimate of drug-likeness (QED) is 0.433. The molecule has 0 saturated carbocycles. The Bertz CT molecular complexity index is 1450. The predicted octanol–water partition coefficient (Wildman–Crippen LogP) is 2.18. The summed E-state index contributed by atoms with van der Waals surface area (Å²) >= 11 is 0. The number of esters is 1. The van der Waals surface area contributed by atoms with Crippen LogP contribution in [0, 0.1) is 22.7 Å². The Morgan fingerprint density at radius 2 is 1.77 bits per heavy atom. The normalized spacial score (nSPS) is 9.94. The largest absolute Gasteiger partial charge is 0.493 e. The van der Waals surface area contributed by atoms with Gasteiger partial charge in [0.15, 0.2) is 18.1 Å². The van der Waals surface area contributed by atoms with Crippen molar-refractivity contribution >= 4 is 23.4 Å². The predicted molar refractivity (Wildman–Crippen MR) is 125 cm³/mol. The lowest BCUT2D eigenvalue weighted by atomic mass is 9.96. The number of H-pyrrole nitrogens is 1. The fourth-order valence-electron chi connectivity index (χ4n) is 3.28. The number of para-hydroxylation sites is 1. The van der Waals surface area contributed by atoms with E-state index in [-0.39, 0.29) is 45.3 Å². The minimum Gasteiger partial charge on any atom is -0.493 e. The van der Waals surface area contributed by atoms with Crippen molar-refractivity contribution in [1.29, 1.82) is 10.5 Å². The third-order valence-electron chi connectivity index (χ3n) is 4.89. The van der Waals surface area contributed by atoms with E-state index in [2.05, 4.69) is 10.3 Å². The average molecular weight is 473 g/mol. The van der Waals surface area contributed by atoms with Crippen LogP contribution < -0.4 is 26.1 Å². The molecule has 11 heteroatoms. The first-order chi connectivity index (χ1) is 16.8. The molecule has 0 atom stereocenters. The van der Waals surface area contributed by atoms with E-state index >= 15 is 0 Å². The number of benzene rings is 2. The lowest BCUT2D eigenvalue weighted by molar-refractivity contribution is -0.118. The van der Waals surface area contributed by atoms with Gasteiger partial charge < -0.3 is 30.2 Å². The van der Waals surface area contributed by atoms with Gasteiger partial charge in [-0.25, -0.2) is 4.79 Å². The van der Waals surface area contributed by atoms with Crippen molar-refractivity contribution < 1.29 is 23.8 Å². The minimum atomic E-state index is -0.734. The van der Waals surface area contributed by atoms with Crippen molar-refractivity contribution in [3.63, 3.8) is 0 Å². The molecule has 0 radical (unpaired) electrons. The van der Waals surface area contributed by atoms with Gasteiger partial charge in [0.25, 0.3) is 11.5 Å². The van der Waals surface area contributed by atoms with E-state index in [4.69, 9.17) is 19.9 Å². The van der Waals surface area contributed by atoms with Gasteiger partial charge in [-0.2, -0.15) is 10.5 Å². The Balaban J connectivity index is 1.86. The zero-order chi connectivity index (χ0) is 25.5. The summed E-state index contributed by atoms with van der Waals surface area (Å²) in [5.74, 6) is -0.963. The highest BCUT2D eigenvalue weighted by Gasteiger charge is 2.20. The second-order valence-electron chi connectivity index (χ2n) is 6.96. The van der Waals surface area contributed by atoms with E-state index in [0.29, 0.717) is 5.56 Å². The zero-order valence-corrected chi connectivity index (χ0v) is 18.7. The number of carbonyl (C=O) groups excluding carboxylic acids is 2. The van der Waals surface area contributed by atoms with Crippen LogP contribution in [0.1, 0.15) is 21.5 Å². The number of amides is 1. The maximum Gasteiger partial charge on any atom is 0.339 e. The molecule has 4 N–H and O–H groups in total. The molecule has 0 bridgehead atoms. The summed E-state index contributed by atoms with van der Waals surface area (Å²) < 4.78 is 15.6. The number of nitriles is 2. The summed E-state index contributed by atoms with van der Waals surface area (Å²) in [6.07, 6.45) is 0. The van der Waals surface area contributed by atoms with Crippen molar-refractivity contribution in [3.8, 4) is 34.8 Å². The number of nitrogens with one attached hydrogen (secondary N) is 2. The smallest absolute Gasteiger partial charge is 0.339 e. The number of hydrogen-bond acceptors (Lipinski definition) is 9. The molecule has 1 amide bonds. The van der Waals surface area contributed by atoms with Crippen molar-refractivity contribution in [2.75, 3.05) is 31.9 Å². The Labute approximate surface area is 199 Å². The Morgan fingerprint density at radius 3 is 2.43 bits per heavy atom. The summed E-state index contributed by atoms with van der Waals surface area (Å²) in [5.41, 5.74) is 5.49. The SMILES string of the molecule is COC(=O)c1ccccc1NC(=O)COc1ccc(-c2c(C#N)c(N)[nH]c(=O)c2C#N)cc1OC. The summed E-state index contributed by atoms with van der Waals surface area (Å²) in [7, 11) is 2.60. The van der Waals surface area contributed by atoms with Crippen LogP contribution >= 0.6 is 0 Å². The number of methoxy groups -OCH3 is 2. The number of ether oxygens (including phenoxy) is 3. The molecule has 1 aromatic heterocycles. The van der Waals surface area contributed by atoms with Gasteiger partial charge in [-0.05, 0) is 29.8 Å². The highest BCUT2D eigenvalue weighted by atomic mass is 16.5. The van der Waals surface area contributed by atoms with Crippen LogP contribution in [-0.4, -0.2) is 37.7 Å². The number of nitrogens with zero attached hydrogens (tertiary/aromatic N) is 2. The van der Waals surface area contributed by atoms with Crippen LogP contribution in [0.2, 0.25) is 0 Å². The van der Waals surface area contributed by atoms with Crippen LogP contribution in [0.25, 0.3) is 11.1 Å². The lowest BCUT2D eigenvalue weighted by Gasteiger charge is -2.14. The molecular formula is C24H19N5O6. The lowest BCUT2D eigenvalue weighted by Crippen LogP contribution is -2.22. The topological polar surface area (TPSA) is 180 Å².